The van der Waals surface area contributed by atoms with Crippen LogP contribution in [0, 0.1) is 11.3 Å². The molecule has 3 rings (SSSR count). The number of carbonyl (C=O) groups is 2. The van der Waals surface area contributed by atoms with Crippen LogP contribution in [0.1, 0.15) is 24.5 Å². The fourth-order valence-electron chi connectivity index (χ4n) is 2.70. The summed E-state index contributed by atoms with van der Waals surface area (Å²) in [5.41, 5.74) is 4.47. The molecule has 0 spiro atoms. The van der Waals surface area contributed by atoms with Crippen molar-refractivity contribution < 1.29 is 19.8 Å². The Balaban J connectivity index is 0.000000326. The number of benzene rings is 1. The average molecular weight is 341 g/mol. The summed E-state index contributed by atoms with van der Waals surface area (Å²) in [6.45, 7) is 5.45. The van der Waals surface area contributed by atoms with Crippen molar-refractivity contribution in [1.29, 1.82) is 5.26 Å². The van der Waals surface area contributed by atoms with Crippen molar-refractivity contribution in [2.75, 3.05) is 19.6 Å². The first-order chi connectivity index (χ1) is 12.0. The third-order valence-electron chi connectivity index (χ3n) is 4.08. The highest BCUT2D eigenvalue weighted by atomic mass is 16.4. The predicted octanol–water partition coefficient (Wildman–Crippen LogP) is 2.30. The van der Waals surface area contributed by atoms with E-state index in [9.17, 15) is 0 Å². The summed E-state index contributed by atoms with van der Waals surface area (Å²) in [6, 6.07) is 8.04. The molecule has 2 aromatic rings. The smallest absolute Gasteiger partial charge is 0.414 e. The van der Waals surface area contributed by atoms with E-state index >= 15 is 0 Å². The van der Waals surface area contributed by atoms with Crippen LogP contribution in [0.3, 0.4) is 0 Å². The molecule has 0 aliphatic carbocycles. The number of carboxylic acids is 2. The van der Waals surface area contributed by atoms with Gasteiger partial charge in [0.25, 0.3) is 0 Å². The third kappa shape index (κ3) is 4.46. The molecule has 0 atom stereocenters. The number of nitrogens with one attached hydrogen (secondary N) is 1. The summed E-state index contributed by atoms with van der Waals surface area (Å²) in [7, 11) is 0. The number of rotatable bonds is 2. The molecule has 25 heavy (non-hydrogen) atoms. The molecule has 1 aromatic heterocycles. The van der Waals surface area contributed by atoms with Crippen LogP contribution in [0.15, 0.2) is 30.5 Å². The van der Waals surface area contributed by atoms with Crippen molar-refractivity contribution >= 4 is 28.4 Å². The number of nitrogens with zero attached hydrogens (tertiary/aromatic N) is 2. The molecule has 3 N–H and O–H groups in total. The molecule has 2 heterocycles. The predicted molar refractivity (Wildman–Crippen MR) is 93.0 cm³/mol. The lowest BCUT2D eigenvalue weighted by Crippen LogP contribution is -2.27. The molecule has 0 unspecified atom stereocenters. The Labute approximate surface area is 144 Å². The molecular weight excluding hydrogens is 322 g/mol. The number of aromatic nitrogens is 1. The minimum Gasteiger partial charge on any atom is -0.473 e. The van der Waals surface area contributed by atoms with Gasteiger partial charge in [0.2, 0.25) is 0 Å². The Morgan fingerprint density at radius 3 is 2.56 bits per heavy atom. The molecule has 0 amide bonds. The first-order valence-corrected chi connectivity index (χ1v) is 7.85. The second-order valence-corrected chi connectivity index (χ2v) is 5.56. The monoisotopic (exact) mass is 341 g/mol. The largest absolute Gasteiger partial charge is 0.473 e. The standard InChI is InChI=1S/C16H17N3.C2H2O4/c1-2-19-7-5-13(6-8-19)15-11-18-16-4-3-12(10-17)9-14(15)16;3-1(4)2(5)6/h3-5,9,11,18H,2,6-8H2,1H3;(H,3,4)(H,5,6). The molecule has 1 aliphatic heterocycles. The summed E-state index contributed by atoms with van der Waals surface area (Å²) in [6.07, 6.45) is 5.46. The van der Waals surface area contributed by atoms with Crippen LogP contribution in [-0.4, -0.2) is 51.7 Å². The van der Waals surface area contributed by atoms with Gasteiger partial charge in [-0.15, -0.1) is 0 Å². The number of hydrogen-bond donors (Lipinski definition) is 3. The Morgan fingerprint density at radius 2 is 2.04 bits per heavy atom. The van der Waals surface area contributed by atoms with Crippen LogP contribution in [0.2, 0.25) is 0 Å². The zero-order valence-electron chi connectivity index (χ0n) is 13.8. The van der Waals surface area contributed by atoms with Gasteiger partial charge < -0.3 is 15.2 Å². The van der Waals surface area contributed by atoms with E-state index in [1.807, 2.05) is 18.2 Å². The van der Waals surface area contributed by atoms with Crippen molar-refractivity contribution in [3.63, 3.8) is 0 Å². The Bertz CT molecular complexity index is 849. The number of likely N-dealkylation sites (N-methyl/N-ethyl adjacent to an activating group) is 1. The van der Waals surface area contributed by atoms with E-state index in [4.69, 9.17) is 25.1 Å². The van der Waals surface area contributed by atoms with Gasteiger partial charge in [0.15, 0.2) is 0 Å². The maximum atomic E-state index is 9.10. The quantitative estimate of drug-likeness (QED) is 0.722. The molecule has 0 bridgehead atoms. The van der Waals surface area contributed by atoms with E-state index in [1.54, 1.807) is 0 Å². The van der Waals surface area contributed by atoms with Crippen LogP contribution in [0.5, 0.6) is 0 Å². The average Bonchev–Trinajstić information content (AvgIpc) is 3.05. The van der Waals surface area contributed by atoms with Crippen molar-refractivity contribution in [1.82, 2.24) is 9.88 Å². The van der Waals surface area contributed by atoms with E-state index in [2.05, 4.69) is 35.1 Å². The van der Waals surface area contributed by atoms with E-state index < -0.39 is 11.9 Å². The highest BCUT2D eigenvalue weighted by Crippen LogP contribution is 2.29. The topological polar surface area (TPSA) is 117 Å². The minimum atomic E-state index is -1.82. The van der Waals surface area contributed by atoms with Gasteiger partial charge >= 0.3 is 11.9 Å². The summed E-state index contributed by atoms with van der Waals surface area (Å²) < 4.78 is 0. The molecule has 7 heteroatoms. The number of carboxylic acid groups (broad SMARTS) is 2. The van der Waals surface area contributed by atoms with Gasteiger partial charge in [0, 0.05) is 35.8 Å². The molecular formula is C18H19N3O4. The summed E-state index contributed by atoms with van der Waals surface area (Å²) >= 11 is 0. The molecule has 0 fully saturated rings. The molecule has 7 nitrogen and oxygen atoms in total. The first-order valence-electron chi connectivity index (χ1n) is 7.85. The molecule has 0 saturated heterocycles. The number of hydrogen-bond acceptors (Lipinski definition) is 4. The minimum absolute atomic E-state index is 0.722. The van der Waals surface area contributed by atoms with Gasteiger partial charge in [0.1, 0.15) is 0 Å². The zero-order chi connectivity index (χ0) is 18.4. The normalized spacial score (nSPS) is 14.2. The number of aliphatic carboxylic acids is 2. The van der Waals surface area contributed by atoms with Crippen LogP contribution >= 0.6 is 0 Å². The molecule has 130 valence electrons. The lowest BCUT2D eigenvalue weighted by Gasteiger charge is -2.24. The van der Waals surface area contributed by atoms with E-state index in [0.717, 1.165) is 42.5 Å². The third-order valence-corrected chi connectivity index (χ3v) is 4.08. The van der Waals surface area contributed by atoms with Crippen LogP contribution in [-0.2, 0) is 9.59 Å². The summed E-state index contributed by atoms with van der Waals surface area (Å²) in [4.78, 5) is 23.9. The zero-order valence-corrected chi connectivity index (χ0v) is 13.8. The van der Waals surface area contributed by atoms with Gasteiger partial charge in [-0.05, 0) is 36.7 Å². The summed E-state index contributed by atoms with van der Waals surface area (Å²) in [5, 5.41) is 25.0. The fourth-order valence-corrected chi connectivity index (χ4v) is 2.70. The van der Waals surface area contributed by atoms with E-state index in [1.165, 1.54) is 11.1 Å². The van der Waals surface area contributed by atoms with Crippen LogP contribution in [0.25, 0.3) is 16.5 Å². The maximum absolute atomic E-state index is 9.10. The Morgan fingerprint density at radius 1 is 1.32 bits per heavy atom. The Kier molecular flexibility index (Phi) is 5.93. The number of fused-ring (bicyclic) bond motifs is 1. The second kappa shape index (κ2) is 8.13. The van der Waals surface area contributed by atoms with Gasteiger partial charge in [0.05, 0.1) is 11.6 Å². The lowest BCUT2D eigenvalue weighted by atomic mass is 9.98. The van der Waals surface area contributed by atoms with Crippen LogP contribution < -0.4 is 0 Å². The number of H-pyrrole nitrogens is 1. The van der Waals surface area contributed by atoms with Gasteiger partial charge in [-0.3, -0.25) is 4.90 Å². The van der Waals surface area contributed by atoms with E-state index in [0.29, 0.717) is 0 Å². The Hall–Kier alpha value is -3.11. The van der Waals surface area contributed by atoms with Gasteiger partial charge in [-0.1, -0.05) is 13.0 Å². The molecule has 0 saturated carbocycles. The van der Waals surface area contributed by atoms with Crippen molar-refractivity contribution in [3.8, 4) is 6.07 Å². The van der Waals surface area contributed by atoms with Gasteiger partial charge in [-0.25, -0.2) is 9.59 Å². The SMILES string of the molecule is CCN1CC=C(c2c[nH]c3ccc(C#N)cc23)CC1.O=C(O)C(=O)O. The maximum Gasteiger partial charge on any atom is 0.414 e. The lowest BCUT2D eigenvalue weighted by molar-refractivity contribution is -0.159. The molecule has 0 radical (unpaired) electrons. The highest BCUT2D eigenvalue weighted by molar-refractivity contribution is 6.27. The summed E-state index contributed by atoms with van der Waals surface area (Å²) in [5.74, 6) is -3.65. The number of aromatic amines is 1. The van der Waals surface area contributed by atoms with Crippen LogP contribution in [0.4, 0.5) is 0 Å². The number of nitriles is 1. The molecule has 1 aliphatic rings. The molecule has 1 aromatic carbocycles. The fraction of sp³-hybridized carbons (Fsp3) is 0.278. The van der Waals surface area contributed by atoms with Crippen molar-refractivity contribution in [3.05, 3.63) is 41.6 Å². The second-order valence-electron chi connectivity index (χ2n) is 5.56. The highest BCUT2D eigenvalue weighted by Gasteiger charge is 2.14. The van der Waals surface area contributed by atoms with E-state index in [-0.39, 0.29) is 0 Å². The van der Waals surface area contributed by atoms with Crippen molar-refractivity contribution in [2.24, 2.45) is 0 Å². The van der Waals surface area contributed by atoms with Gasteiger partial charge in [-0.2, -0.15) is 5.26 Å². The van der Waals surface area contributed by atoms with Crippen molar-refractivity contribution in [2.45, 2.75) is 13.3 Å². The first kappa shape index (κ1) is 18.2.